The molecular formula is C16H20I3N3O8. The van der Waals surface area contributed by atoms with Gasteiger partial charge < -0.3 is 35.8 Å². The van der Waals surface area contributed by atoms with E-state index < -0.39 is 43.3 Å². The molecule has 1 aromatic rings. The number of amides is 3. The van der Waals surface area contributed by atoms with Gasteiger partial charge in [0.25, 0.3) is 11.8 Å². The van der Waals surface area contributed by atoms with Crippen LogP contribution in [0.5, 0.6) is 0 Å². The number of methoxy groups -OCH3 is 1. The molecule has 2 unspecified atom stereocenters. The molecule has 0 saturated heterocycles. The molecule has 14 heteroatoms. The molecule has 0 spiro atoms. The Morgan fingerprint density at radius 1 is 0.867 bits per heavy atom. The van der Waals surface area contributed by atoms with Crippen molar-refractivity contribution in [3.8, 4) is 0 Å². The number of hydrogen-bond donors (Lipinski definition) is 7. The number of anilines is 1. The van der Waals surface area contributed by atoms with E-state index in [4.69, 9.17) is 10.2 Å². The molecule has 0 aliphatic heterocycles. The number of nitrogens with one attached hydrogen (secondary N) is 3. The number of benzene rings is 1. The SMILES string of the molecule is COC(=O)Nc1c(I)c(C(=O)NCC(O)CO)c(I)c(C(=O)NCC(O)CO)c1I. The Bertz CT molecular complexity index is 755. The van der Waals surface area contributed by atoms with Crippen molar-refractivity contribution in [1.82, 2.24) is 10.6 Å². The predicted octanol–water partition coefficient (Wildman–Crippen LogP) is -0.155. The molecule has 3 amide bonds. The first kappa shape index (κ1) is 27.5. The van der Waals surface area contributed by atoms with E-state index in [9.17, 15) is 24.6 Å². The fraction of sp³-hybridized carbons (Fsp3) is 0.438. The van der Waals surface area contributed by atoms with Crippen molar-refractivity contribution < 1.29 is 39.5 Å². The topological polar surface area (TPSA) is 177 Å². The molecule has 0 aromatic heterocycles. The quantitative estimate of drug-likeness (QED) is 0.170. The summed E-state index contributed by atoms with van der Waals surface area (Å²) >= 11 is 5.50. The van der Waals surface area contributed by atoms with Crippen molar-refractivity contribution in [3.63, 3.8) is 0 Å². The fourth-order valence-corrected chi connectivity index (χ4v) is 6.47. The molecule has 0 radical (unpaired) electrons. The smallest absolute Gasteiger partial charge is 0.411 e. The highest BCUT2D eigenvalue weighted by molar-refractivity contribution is 14.1. The highest BCUT2D eigenvalue weighted by atomic mass is 127. The van der Waals surface area contributed by atoms with E-state index in [-0.39, 0.29) is 33.5 Å². The van der Waals surface area contributed by atoms with Crippen molar-refractivity contribution >= 4 is 91.4 Å². The summed E-state index contributed by atoms with van der Waals surface area (Å²) in [6.07, 6.45) is -3.14. The highest BCUT2D eigenvalue weighted by Crippen LogP contribution is 2.35. The fourth-order valence-electron chi connectivity index (χ4n) is 2.05. The molecule has 11 nitrogen and oxygen atoms in total. The minimum absolute atomic E-state index is 0.0704. The van der Waals surface area contributed by atoms with Crippen molar-refractivity contribution in [2.45, 2.75) is 12.2 Å². The molecular weight excluding hydrogens is 743 g/mol. The first-order valence-electron chi connectivity index (χ1n) is 8.28. The second kappa shape index (κ2) is 13.1. The molecule has 1 rings (SSSR count). The van der Waals surface area contributed by atoms with Crippen molar-refractivity contribution in [1.29, 1.82) is 0 Å². The lowest BCUT2D eigenvalue weighted by Crippen LogP contribution is -2.37. The third-order valence-electron chi connectivity index (χ3n) is 3.60. The zero-order valence-electron chi connectivity index (χ0n) is 15.5. The van der Waals surface area contributed by atoms with Crippen LogP contribution in [0.15, 0.2) is 0 Å². The number of carbonyl (C=O) groups excluding carboxylic acids is 3. The zero-order chi connectivity index (χ0) is 23.0. The first-order chi connectivity index (χ1) is 14.1. The number of ether oxygens (including phenoxy) is 1. The molecule has 0 fully saturated rings. The van der Waals surface area contributed by atoms with Gasteiger partial charge in [-0.15, -0.1) is 0 Å². The molecule has 0 aliphatic rings. The Hall–Kier alpha value is -0.540. The van der Waals surface area contributed by atoms with Crippen LogP contribution >= 0.6 is 67.8 Å². The minimum atomic E-state index is -1.16. The molecule has 0 bridgehead atoms. The third-order valence-corrected chi connectivity index (χ3v) is 6.84. The lowest BCUT2D eigenvalue weighted by molar-refractivity contribution is 0.0798. The van der Waals surface area contributed by atoms with Crippen LogP contribution < -0.4 is 16.0 Å². The Balaban J connectivity index is 3.48. The van der Waals surface area contributed by atoms with Gasteiger partial charge in [0.05, 0.1) is 56.5 Å². The zero-order valence-corrected chi connectivity index (χ0v) is 22.0. The monoisotopic (exact) mass is 763 g/mol. The van der Waals surface area contributed by atoms with Crippen molar-refractivity contribution in [2.75, 3.05) is 38.7 Å². The van der Waals surface area contributed by atoms with E-state index in [0.29, 0.717) is 7.14 Å². The second-order valence-electron chi connectivity index (χ2n) is 5.78. The molecule has 168 valence electrons. The van der Waals surface area contributed by atoms with Gasteiger partial charge in [0, 0.05) is 16.7 Å². The lowest BCUT2D eigenvalue weighted by Gasteiger charge is -2.20. The van der Waals surface area contributed by atoms with Gasteiger partial charge in [-0.05, 0) is 67.8 Å². The molecule has 1 aromatic carbocycles. The maximum absolute atomic E-state index is 12.7. The average Bonchev–Trinajstić information content (AvgIpc) is 2.72. The molecule has 2 atom stereocenters. The Morgan fingerprint density at radius 2 is 1.27 bits per heavy atom. The normalized spacial score (nSPS) is 12.7. The van der Waals surface area contributed by atoms with Gasteiger partial charge in [-0.25, -0.2) is 4.79 Å². The van der Waals surface area contributed by atoms with E-state index in [2.05, 4.69) is 20.7 Å². The maximum Gasteiger partial charge on any atom is 0.411 e. The molecule has 0 saturated carbocycles. The van der Waals surface area contributed by atoms with Crippen LogP contribution in [-0.4, -0.2) is 84.0 Å². The van der Waals surface area contributed by atoms with Gasteiger partial charge in [-0.3, -0.25) is 14.9 Å². The summed E-state index contributed by atoms with van der Waals surface area (Å²) in [6, 6.07) is 0. The van der Waals surface area contributed by atoms with Crippen molar-refractivity contribution in [2.24, 2.45) is 0 Å². The molecule has 7 N–H and O–H groups in total. The Kier molecular flexibility index (Phi) is 12.0. The summed E-state index contributed by atoms with van der Waals surface area (Å²) in [4.78, 5) is 37.3. The first-order valence-corrected chi connectivity index (χ1v) is 11.5. The third kappa shape index (κ3) is 7.26. The summed E-state index contributed by atoms with van der Waals surface area (Å²) in [6.45, 7) is -1.54. The lowest BCUT2D eigenvalue weighted by atomic mass is 10.1. The Morgan fingerprint density at radius 3 is 1.60 bits per heavy atom. The highest BCUT2D eigenvalue weighted by Gasteiger charge is 2.29. The van der Waals surface area contributed by atoms with E-state index >= 15 is 0 Å². The van der Waals surface area contributed by atoms with Gasteiger partial charge in [0.15, 0.2) is 0 Å². The number of carbonyl (C=O) groups is 3. The summed E-state index contributed by atoms with van der Waals surface area (Å²) in [5.41, 5.74) is 0.311. The number of halogens is 3. The molecule has 30 heavy (non-hydrogen) atoms. The Labute approximate surface area is 212 Å². The standard InChI is InChI=1S/C16H20I3N3O8/c1-30-16(29)22-13-11(18)8(14(27)20-2-6(25)4-23)10(17)9(12(13)19)15(28)21-3-7(26)5-24/h6-7,23-26H,2-5H2,1H3,(H,20,27)(H,21,28)(H,22,29). The number of aliphatic hydroxyl groups excluding tert-OH is 4. The summed E-state index contributed by atoms with van der Waals surface area (Å²) < 4.78 is 5.53. The van der Waals surface area contributed by atoms with E-state index in [1.807, 2.05) is 67.8 Å². The van der Waals surface area contributed by atoms with E-state index in [1.54, 1.807) is 0 Å². The van der Waals surface area contributed by atoms with Gasteiger partial charge in [-0.1, -0.05) is 0 Å². The average molecular weight is 763 g/mol. The van der Waals surface area contributed by atoms with Crippen LogP contribution in [0, 0.1) is 10.7 Å². The maximum atomic E-state index is 12.7. The van der Waals surface area contributed by atoms with Gasteiger partial charge >= 0.3 is 6.09 Å². The van der Waals surface area contributed by atoms with Crippen LogP contribution in [0.1, 0.15) is 20.7 Å². The van der Waals surface area contributed by atoms with Crippen LogP contribution in [0.2, 0.25) is 0 Å². The largest absolute Gasteiger partial charge is 0.453 e. The predicted molar refractivity (Wildman–Crippen MR) is 131 cm³/mol. The molecule has 0 aliphatic carbocycles. The van der Waals surface area contributed by atoms with Gasteiger partial charge in [0.2, 0.25) is 0 Å². The number of hydrogen-bond acceptors (Lipinski definition) is 8. The minimum Gasteiger partial charge on any atom is -0.453 e. The van der Waals surface area contributed by atoms with Gasteiger partial charge in [0.1, 0.15) is 0 Å². The van der Waals surface area contributed by atoms with Crippen LogP contribution in [0.3, 0.4) is 0 Å². The van der Waals surface area contributed by atoms with Gasteiger partial charge in [-0.2, -0.15) is 0 Å². The second-order valence-corrected chi connectivity index (χ2v) is 9.01. The molecule has 0 heterocycles. The number of rotatable bonds is 9. The van der Waals surface area contributed by atoms with Crippen LogP contribution in [-0.2, 0) is 4.74 Å². The van der Waals surface area contributed by atoms with Crippen LogP contribution in [0.4, 0.5) is 10.5 Å². The number of aliphatic hydroxyl groups is 4. The summed E-state index contributed by atoms with van der Waals surface area (Å²) in [5, 5.41) is 44.2. The van der Waals surface area contributed by atoms with E-state index in [1.165, 1.54) is 0 Å². The van der Waals surface area contributed by atoms with Crippen LogP contribution in [0.25, 0.3) is 0 Å². The summed E-state index contributed by atoms with van der Waals surface area (Å²) in [7, 11) is 1.16. The van der Waals surface area contributed by atoms with Crippen molar-refractivity contribution in [3.05, 3.63) is 21.8 Å². The summed E-state index contributed by atoms with van der Waals surface area (Å²) in [5.74, 6) is -1.27. The van der Waals surface area contributed by atoms with E-state index in [0.717, 1.165) is 7.11 Å².